The summed E-state index contributed by atoms with van der Waals surface area (Å²) in [5.74, 6) is 0. The summed E-state index contributed by atoms with van der Waals surface area (Å²) in [5, 5.41) is 12.4. The van der Waals surface area contributed by atoms with E-state index in [2.05, 4.69) is 27.4 Å². The zero-order chi connectivity index (χ0) is 11.7. The molecule has 0 bridgehead atoms. The van der Waals surface area contributed by atoms with Crippen LogP contribution in [0.3, 0.4) is 0 Å². The number of aliphatic hydroxyl groups is 1. The maximum Gasteiger partial charge on any atom is 0.123 e. The average Bonchev–Trinajstić information content (AvgIpc) is 2.77. The molecular weight excluding hydrogens is 232 g/mol. The second kappa shape index (κ2) is 4.56. The summed E-state index contributed by atoms with van der Waals surface area (Å²) >= 11 is 1.68. The Bertz CT molecular complexity index is 491. The van der Waals surface area contributed by atoms with E-state index in [4.69, 9.17) is 0 Å². The van der Waals surface area contributed by atoms with Crippen LogP contribution in [-0.2, 0) is 6.54 Å². The van der Waals surface area contributed by atoms with Crippen molar-refractivity contribution in [1.29, 1.82) is 0 Å². The van der Waals surface area contributed by atoms with Crippen LogP contribution >= 0.6 is 11.3 Å². The molecule has 1 saturated heterocycles. The number of thiazole rings is 1. The first-order valence-corrected chi connectivity index (χ1v) is 6.59. The summed E-state index contributed by atoms with van der Waals surface area (Å²) in [4.78, 5) is 6.83. The van der Waals surface area contributed by atoms with Gasteiger partial charge in [0.05, 0.1) is 11.8 Å². The van der Waals surface area contributed by atoms with Crippen LogP contribution in [0.25, 0.3) is 10.6 Å². The minimum absolute atomic E-state index is 0.137. The van der Waals surface area contributed by atoms with Crippen molar-refractivity contribution in [1.82, 2.24) is 9.88 Å². The number of aliphatic hydroxyl groups excluding tert-OH is 1. The Morgan fingerprint density at radius 1 is 1.29 bits per heavy atom. The second-order valence-corrected chi connectivity index (χ2v) is 5.22. The molecule has 1 N–H and O–H groups in total. The zero-order valence-corrected chi connectivity index (χ0v) is 10.2. The maximum atomic E-state index is 9.22. The molecule has 3 rings (SSSR count). The van der Waals surface area contributed by atoms with Crippen LogP contribution in [0.2, 0.25) is 0 Å². The molecule has 88 valence electrons. The quantitative estimate of drug-likeness (QED) is 0.899. The Kier molecular flexibility index (Phi) is 2.93. The van der Waals surface area contributed by atoms with Crippen LogP contribution < -0.4 is 0 Å². The second-order valence-electron chi connectivity index (χ2n) is 4.36. The number of likely N-dealkylation sites (tertiary alicyclic amines) is 1. The van der Waals surface area contributed by atoms with Gasteiger partial charge in [-0.05, 0) is 0 Å². The SMILES string of the molecule is OC1CN(Cc2csc(-c3ccccc3)n2)C1. The third kappa shape index (κ3) is 2.39. The van der Waals surface area contributed by atoms with E-state index in [-0.39, 0.29) is 6.10 Å². The van der Waals surface area contributed by atoms with Gasteiger partial charge in [-0.1, -0.05) is 30.3 Å². The maximum absolute atomic E-state index is 9.22. The minimum atomic E-state index is -0.137. The van der Waals surface area contributed by atoms with Crippen molar-refractivity contribution in [3.8, 4) is 10.6 Å². The van der Waals surface area contributed by atoms with Crippen molar-refractivity contribution in [2.45, 2.75) is 12.6 Å². The third-order valence-corrected chi connectivity index (χ3v) is 3.84. The summed E-state index contributed by atoms with van der Waals surface area (Å²) in [5.41, 5.74) is 2.27. The van der Waals surface area contributed by atoms with Crippen LogP contribution in [0.1, 0.15) is 5.69 Å². The van der Waals surface area contributed by atoms with E-state index < -0.39 is 0 Å². The van der Waals surface area contributed by atoms with Crippen molar-refractivity contribution >= 4 is 11.3 Å². The Balaban J connectivity index is 1.70. The van der Waals surface area contributed by atoms with E-state index in [0.717, 1.165) is 30.3 Å². The number of aromatic nitrogens is 1. The molecule has 1 aromatic carbocycles. The van der Waals surface area contributed by atoms with Gasteiger partial charge in [-0.25, -0.2) is 4.98 Å². The van der Waals surface area contributed by atoms with E-state index in [1.165, 1.54) is 5.56 Å². The minimum Gasteiger partial charge on any atom is -0.390 e. The molecule has 0 unspecified atom stereocenters. The lowest BCUT2D eigenvalue weighted by Gasteiger charge is -2.35. The third-order valence-electron chi connectivity index (χ3n) is 2.90. The van der Waals surface area contributed by atoms with E-state index in [0.29, 0.717) is 0 Å². The summed E-state index contributed by atoms with van der Waals surface area (Å²) in [6.07, 6.45) is -0.137. The lowest BCUT2D eigenvalue weighted by Crippen LogP contribution is -2.49. The molecular formula is C13H14N2OS. The van der Waals surface area contributed by atoms with Gasteiger partial charge in [0.1, 0.15) is 5.01 Å². The Hall–Kier alpha value is -1.23. The Morgan fingerprint density at radius 3 is 2.76 bits per heavy atom. The van der Waals surface area contributed by atoms with Gasteiger partial charge in [0.2, 0.25) is 0 Å². The molecule has 0 spiro atoms. The normalized spacial score (nSPS) is 17.0. The van der Waals surface area contributed by atoms with Crippen molar-refractivity contribution in [3.05, 3.63) is 41.4 Å². The highest BCUT2D eigenvalue weighted by atomic mass is 32.1. The van der Waals surface area contributed by atoms with Gasteiger partial charge in [-0.2, -0.15) is 0 Å². The predicted molar refractivity (Wildman–Crippen MR) is 68.8 cm³/mol. The van der Waals surface area contributed by atoms with Gasteiger partial charge >= 0.3 is 0 Å². The molecule has 1 fully saturated rings. The fourth-order valence-corrected chi connectivity index (χ4v) is 2.81. The summed E-state index contributed by atoms with van der Waals surface area (Å²) < 4.78 is 0. The lowest BCUT2D eigenvalue weighted by atomic mass is 10.1. The fourth-order valence-electron chi connectivity index (χ4n) is 1.99. The standard InChI is InChI=1S/C13H14N2OS/c16-12-7-15(8-12)6-11-9-17-13(14-11)10-4-2-1-3-5-10/h1-5,9,12,16H,6-8H2. The Labute approximate surface area is 104 Å². The zero-order valence-electron chi connectivity index (χ0n) is 9.41. The average molecular weight is 246 g/mol. The van der Waals surface area contributed by atoms with Crippen LogP contribution in [0.5, 0.6) is 0 Å². The van der Waals surface area contributed by atoms with E-state index in [1.807, 2.05) is 18.2 Å². The van der Waals surface area contributed by atoms with Crippen molar-refractivity contribution in [2.75, 3.05) is 13.1 Å². The molecule has 4 heteroatoms. The monoisotopic (exact) mass is 246 g/mol. The molecule has 1 aliphatic rings. The van der Waals surface area contributed by atoms with Crippen LogP contribution in [0.4, 0.5) is 0 Å². The highest BCUT2D eigenvalue weighted by Gasteiger charge is 2.24. The van der Waals surface area contributed by atoms with Gasteiger partial charge in [-0.15, -0.1) is 11.3 Å². The van der Waals surface area contributed by atoms with Gasteiger partial charge in [0, 0.05) is 30.6 Å². The molecule has 0 atom stereocenters. The molecule has 0 radical (unpaired) electrons. The molecule has 2 heterocycles. The lowest BCUT2D eigenvalue weighted by molar-refractivity contribution is -0.00343. The fraction of sp³-hybridized carbons (Fsp3) is 0.308. The first-order chi connectivity index (χ1) is 8.31. The molecule has 1 aliphatic heterocycles. The molecule has 2 aromatic rings. The van der Waals surface area contributed by atoms with Gasteiger partial charge in [0.25, 0.3) is 0 Å². The molecule has 3 nitrogen and oxygen atoms in total. The number of hydrogen-bond acceptors (Lipinski definition) is 4. The molecule has 0 amide bonds. The van der Waals surface area contributed by atoms with Crippen molar-refractivity contribution < 1.29 is 5.11 Å². The number of nitrogens with zero attached hydrogens (tertiary/aromatic N) is 2. The van der Waals surface area contributed by atoms with Crippen LogP contribution in [0.15, 0.2) is 35.7 Å². The Morgan fingerprint density at radius 2 is 2.06 bits per heavy atom. The highest BCUT2D eigenvalue weighted by Crippen LogP contribution is 2.24. The summed E-state index contributed by atoms with van der Waals surface area (Å²) in [6.45, 7) is 2.40. The molecule has 0 saturated carbocycles. The van der Waals surface area contributed by atoms with E-state index in [1.54, 1.807) is 11.3 Å². The highest BCUT2D eigenvalue weighted by molar-refractivity contribution is 7.13. The molecule has 0 aliphatic carbocycles. The number of rotatable bonds is 3. The summed E-state index contributed by atoms with van der Waals surface area (Å²) in [7, 11) is 0. The van der Waals surface area contributed by atoms with Crippen LogP contribution in [-0.4, -0.2) is 34.2 Å². The topological polar surface area (TPSA) is 36.4 Å². The summed E-state index contributed by atoms with van der Waals surface area (Å²) in [6, 6.07) is 10.2. The van der Waals surface area contributed by atoms with Crippen LogP contribution in [0, 0.1) is 0 Å². The molecule has 17 heavy (non-hydrogen) atoms. The first kappa shape index (κ1) is 10.9. The first-order valence-electron chi connectivity index (χ1n) is 5.71. The number of benzene rings is 1. The van der Waals surface area contributed by atoms with Crippen molar-refractivity contribution in [2.24, 2.45) is 0 Å². The smallest absolute Gasteiger partial charge is 0.123 e. The van der Waals surface area contributed by atoms with Gasteiger partial charge in [-0.3, -0.25) is 4.90 Å². The van der Waals surface area contributed by atoms with Gasteiger partial charge in [0.15, 0.2) is 0 Å². The number of hydrogen-bond donors (Lipinski definition) is 1. The van der Waals surface area contributed by atoms with Gasteiger partial charge < -0.3 is 5.11 Å². The van der Waals surface area contributed by atoms with E-state index in [9.17, 15) is 5.11 Å². The van der Waals surface area contributed by atoms with Crippen molar-refractivity contribution in [3.63, 3.8) is 0 Å². The predicted octanol–water partition coefficient (Wildman–Crippen LogP) is 1.99. The van der Waals surface area contributed by atoms with E-state index >= 15 is 0 Å². The molecule has 1 aromatic heterocycles. The number of β-amino-alcohol motifs (C(OH)–C–C–N with tert-alkyl or cyclic N) is 1. The largest absolute Gasteiger partial charge is 0.390 e.